The zero-order valence-electron chi connectivity index (χ0n) is 19.6. The summed E-state index contributed by atoms with van der Waals surface area (Å²) in [6.07, 6.45) is -0.304. The predicted molar refractivity (Wildman–Crippen MR) is 125 cm³/mol. The molecule has 0 aliphatic heterocycles. The van der Waals surface area contributed by atoms with Gasteiger partial charge in [0.2, 0.25) is 5.91 Å². The Morgan fingerprint density at radius 3 is 2.47 bits per heavy atom. The second-order valence-corrected chi connectivity index (χ2v) is 9.64. The topological polar surface area (TPSA) is 95.1 Å². The molecule has 0 spiro atoms. The van der Waals surface area contributed by atoms with E-state index in [1.54, 1.807) is 13.0 Å². The molecule has 8 nitrogen and oxygen atoms in total. The highest BCUT2D eigenvalue weighted by Crippen LogP contribution is 2.32. The molecular formula is C23H31N5O3S. The number of carbonyl (C=O) groups excluding carboxylic acids is 1. The Hall–Kier alpha value is -2.81. The quantitative estimate of drug-likeness (QED) is 0.422. The molecule has 0 bridgehead atoms. The van der Waals surface area contributed by atoms with Crippen molar-refractivity contribution in [1.82, 2.24) is 19.9 Å². The van der Waals surface area contributed by atoms with Crippen molar-refractivity contribution in [2.24, 2.45) is 0 Å². The number of ether oxygens (including phenoxy) is 1. The molecule has 0 aliphatic carbocycles. The van der Waals surface area contributed by atoms with E-state index < -0.39 is 5.25 Å². The van der Waals surface area contributed by atoms with Gasteiger partial charge in [0.15, 0.2) is 22.9 Å². The molecule has 2 aromatic heterocycles. The number of nitrogens with zero attached hydrogens (tertiary/aromatic N) is 4. The van der Waals surface area contributed by atoms with Crippen molar-refractivity contribution >= 4 is 23.5 Å². The number of para-hydroxylation sites is 1. The number of thioether (sulfide) groups is 1. The fourth-order valence-electron chi connectivity index (χ4n) is 3.30. The van der Waals surface area contributed by atoms with Crippen LogP contribution in [-0.4, -0.2) is 31.1 Å². The van der Waals surface area contributed by atoms with Crippen LogP contribution in [0.15, 0.2) is 40.0 Å². The molecule has 2 unspecified atom stereocenters. The third-order valence-electron chi connectivity index (χ3n) is 4.95. The number of rotatable bonds is 9. The lowest BCUT2D eigenvalue weighted by Gasteiger charge is -2.21. The predicted octanol–water partition coefficient (Wildman–Crippen LogP) is 5.54. The number of benzene rings is 1. The molecule has 0 fully saturated rings. The minimum Gasteiger partial charge on any atom is -0.482 e. The fraction of sp³-hybridized carbons (Fsp3) is 0.478. The van der Waals surface area contributed by atoms with Gasteiger partial charge in [0.1, 0.15) is 11.5 Å². The van der Waals surface area contributed by atoms with E-state index in [1.807, 2.05) is 36.6 Å². The number of aromatic nitrogens is 4. The van der Waals surface area contributed by atoms with E-state index in [-0.39, 0.29) is 18.1 Å². The van der Waals surface area contributed by atoms with Crippen LogP contribution in [0.5, 0.6) is 5.75 Å². The highest BCUT2D eigenvalue weighted by molar-refractivity contribution is 8.00. The number of nitrogens with one attached hydrogen (secondary N) is 1. The standard InChI is InChI=1S/C23H31N5O3S/c1-13(2)18-10-8-9-11-19(18)30-16(6)21-25-26-23(28(21)14(3)4)32-17(7)22(29)24-20-12-15(5)31-27-20/h8-14,16-17H,1-7H3,(H,24,27,29). The summed E-state index contributed by atoms with van der Waals surface area (Å²) < 4.78 is 13.3. The summed E-state index contributed by atoms with van der Waals surface area (Å²) in [7, 11) is 0. The number of hydrogen-bond acceptors (Lipinski definition) is 7. The second kappa shape index (κ2) is 10.2. The first-order chi connectivity index (χ1) is 15.2. The van der Waals surface area contributed by atoms with Crippen molar-refractivity contribution < 1.29 is 14.1 Å². The molecule has 1 N–H and O–H groups in total. The summed E-state index contributed by atoms with van der Waals surface area (Å²) in [4.78, 5) is 12.6. The molecule has 1 aromatic carbocycles. The van der Waals surface area contributed by atoms with Crippen LogP contribution in [0, 0.1) is 6.92 Å². The van der Waals surface area contributed by atoms with Gasteiger partial charge in [-0.05, 0) is 52.2 Å². The van der Waals surface area contributed by atoms with Crippen LogP contribution in [0.1, 0.15) is 76.8 Å². The normalized spacial score (nSPS) is 13.4. The summed E-state index contributed by atoms with van der Waals surface area (Å²) in [5.41, 5.74) is 1.15. The number of aryl methyl sites for hydroxylation is 1. The average Bonchev–Trinajstić information content (AvgIpc) is 3.34. The lowest BCUT2D eigenvalue weighted by molar-refractivity contribution is -0.115. The van der Waals surface area contributed by atoms with Gasteiger partial charge in [-0.2, -0.15) is 0 Å². The highest BCUT2D eigenvalue weighted by Gasteiger charge is 2.25. The lowest BCUT2D eigenvalue weighted by atomic mass is 10.0. The van der Waals surface area contributed by atoms with E-state index in [4.69, 9.17) is 9.26 Å². The van der Waals surface area contributed by atoms with Gasteiger partial charge in [-0.1, -0.05) is 49.0 Å². The van der Waals surface area contributed by atoms with Crippen LogP contribution in [-0.2, 0) is 4.79 Å². The molecule has 3 aromatic rings. The van der Waals surface area contributed by atoms with E-state index in [9.17, 15) is 4.79 Å². The summed E-state index contributed by atoms with van der Waals surface area (Å²) in [5, 5.41) is 15.6. The van der Waals surface area contributed by atoms with Gasteiger partial charge in [-0.3, -0.25) is 4.79 Å². The summed E-state index contributed by atoms with van der Waals surface area (Å²) in [5.74, 6) is 2.77. The van der Waals surface area contributed by atoms with E-state index >= 15 is 0 Å². The molecule has 1 amide bonds. The van der Waals surface area contributed by atoms with Gasteiger partial charge >= 0.3 is 0 Å². The molecule has 2 atom stereocenters. The molecule has 0 saturated carbocycles. The first-order valence-corrected chi connectivity index (χ1v) is 11.7. The van der Waals surface area contributed by atoms with Crippen LogP contribution in [0.3, 0.4) is 0 Å². The molecule has 0 radical (unpaired) electrons. The minimum atomic E-state index is -0.403. The Bertz CT molecular complexity index is 1060. The summed E-state index contributed by atoms with van der Waals surface area (Å²) in [6.45, 7) is 14.0. The van der Waals surface area contributed by atoms with Crippen LogP contribution < -0.4 is 10.1 Å². The third kappa shape index (κ3) is 5.51. The van der Waals surface area contributed by atoms with Crippen molar-refractivity contribution in [3.8, 4) is 5.75 Å². The second-order valence-electron chi connectivity index (χ2n) is 8.33. The van der Waals surface area contributed by atoms with E-state index in [2.05, 4.69) is 54.4 Å². The van der Waals surface area contributed by atoms with Gasteiger partial charge in [-0.15, -0.1) is 10.2 Å². The average molecular weight is 458 g/mol. The van der Waals surface area contributed by atoms with Crippen molar-refractivity contribution in [1.29, 1.82) is 0 Å². The minimum absolute atomic E-state index is 0.0994. The van der Waals surface area contributed by atoms with Crippen molar-refractivity contribution in [2.45, 2.75) is 76.9 Å². The van der Waals surface area contributed by atoms with E-state index in [0.29, 0.717) is 22.7 Å². The Morgan fingerprint density at radius 2 is 1.84 bits per heavy atom. The molecule has 32 heavy (non-hydrogen) atoms. The van der Waals surface area contributed by atoms with Crippen molar-refractivity contribution in [2.75, 3.05) is 5.32 Å². The summed E-state index contributed by atoms with van der Waals surface area (Å²) in [6, 6.07) is 9.83. The molecule has 2 heterocycles. The fourth-order valence-corrected chi connectivity index (χ4v) is 4.29. The van der Waals surface area contributed by atoms with E-state index in [1.165, 1.54) is 11.8 Å². The van der Waals surface area contributed by atoms with E-state index in [0.717, 1.165) is 17.1 Å². The number of hydrogen-bond donors (Lipinski definition) is 1. The monoisotopic (exact) mass is 457 g/mol. The SMILES string of the molecule is Cc1cc(NC(=O)C(C)Sc2nnc(C(C)Oc3ccccc3C(C)C)n2C(C)C)no1. The highest BCUT2D eigenvalue weighted by atomic mass is 32.2. The number of carbonyl (C=O) groups is 1. The Balaban J connectivity index is 1.77. The summed E-state index contributed by atoms with van der Waals surface area (Å²) >= 11 is 1.35. The zero-order valence-corrected chi connectivity index (χ0v) is 20.4. The maximum Gasteiger partial charge on any atom is 0.238 e. The molecule has 9 heteroatoms. The Labute approximate surface area is 193 Å². The van der Waals surface area contributed by atoms with Crippen molar-refractivity contribution in [3.05, 3.63) is 47.5 Å². The van der Waals surface area contributed by atoms with Gasteiger partial charge in [0, 0.05) is 12.1 Å². The largest absolute Gasteiger partial charge is 0.482 e. The molecule has 0 aliphatic rings. The van der Waals surface area contributed by atoms with Crippen LogP contribution in [0.25, 0.3) is 0 Å². The van der Waals surface area contributed by atoms with Gasteiger partial charge in [-0.25, -0.2) is 0 Å². The molecule has 172 valence electrons. The first-order valence-electron chi connectivity index (χ1n) is 10.8. The Kier molecular flexibility index (Phi) is 7.60. The Morgan fingerprint density at radius 1 is 1.12 bits per heavy atom. The van der Waals surface area contributed by atoms with Gasteiger partial charge in [0.05, 0.1) is 5.25 Å². The van der Waals surface area contributed by atoms with Crippen LogP contribution >= 0.6 is 11.8 Å². The van der Waals surface area contributed by atoms with Gasteiger partial charge in [0.25, 0.3) is 0 Å². The van der Waals surface area contributed by atoms with Crippen molar-refractivity contribution in [3.63, 3.8) is 0 Å². The third-order valence-corrected chi connectivity index (χ3v) is 6.00. The van der Waals surface area contributed by atoms with Crippen LogP contribution in [0.2, 0.25) is 0 Å². The zero-order chi connectivity index (χ0) is 23.4. The number of anilines is 1. The number of amides is 1. The smallest absolute Gasteiger partial charge is 0.238 e. The maximum absolute atomic E-state index is 12.6. The molecule has 3 rings (SSSR count). The lowest BCUT2D eigenvalue weighted by Crippen LogP contribution is -2.23. The first kappa shape index (κ1) is 23.8. The molecular weight excluding hydrogens is 426 g/mol. The maximum atomic E-state index is 12.6. The molecule has 0 saturated heterocycles. The van der Waals surface area contributed by atoms with Gasteiger partial charge < -0.3 is 19.1 Å². The van der Waals surface area contributed by atoms with Crippen LogP contribution in [0.4, 0.5) is 5.82 Å².